The van der Waals surface area contributed by atoms with Crippen LogP contribution in [0.15, 0.2) is 48.5 Å². The Kier molecular flexibility index (Phi) is 7.62. The van der Waals surface area contributed by atoms with Gasteiger partial charge >= 0.3 is 0 Å². The molecular weight excluding hydrogens is 388 g/mol. The smallest absolute Gasteiger partial charge is 0.270 e. The van der Waals surface area contributed by atoms with Crippen LogP contribution in [0, 0.1) is 10.1 Å². The van der Waals surface area contributed by atoms with E-state index in [4.69, 9.17) is 0 Å². The number of anilines is 1. The number of nitrogens with zero attached hydrogens (tertiary/aromatic N) is 1. The van der Waals surface area contributed by atoms with Crippen LogP contribution in [-0.2, 0) is 16.0 Å². The number of carbonyl (C=O) groups excluding carboxylic acids is 3. The predicted molar refractivity (Wildman–Crippen MR) is 112 cm³/mol. The summed E-state index contributed by atoms with van der Waals surface area (Å²) >= 11 is 0. The lowest BCUT2D eigenvalue weighted by atomic mass is 10.1. The van der Waals surface area contributed by atoms with Crippen molar-refractivity contribution in [3.63, 3.8) is 0 Å². The number of hydrogen-bond acceptors (Lipinski definition) is 5. The van der Waals surface area contributed by atoms with Crippen molar-refractivity contribution in [2.24, 2.45) is 0 Å². The van der Waals surface area contributed by atoms with Crippen LogP contribution in [0.5, 0.6) is 0 Å². The first-order chi connectivity index (χ1) is 14.2. The van der Waals surface area contributed by atoms with E-state index < -0.39 is 22.8 Å². The predicted octanol–water partition coefficient (Wildman–Crippen LogP) is 2.42. The third-order valence-corrected chi connectivity index (χ3v) is 4.10. The SMILES string of the molecule is CC(C)NC(=O)Cc1ccc(NC(=O)C(C)NC(=O)c2cccc([N+](=O)[O-])c2)cc1. The lowest BCUT2D eigenvalue weighted by Gasteiger charge is -2.14. The lowest BCUT2D eigenvalue weighted by Crippen LogP contribution is -2.41. The zero-order valence-electron chi connectivity index (χ0n) is 17.0. The maximum absolute atomic E-state index is 12.3. The summed E-state index contributed by atoms with van der Waals surface area (Å²) < 4.78 is 0. The molecule has 0 saturated carbocycles. The van der Waals surface area contributed by atoms with Gasteiger partial charge in [-0.15, -0.1) is 0 Å². The van der Waals surface area contributed by atoms with Gasteiger partial charge in [-0.2, -0.15) is 0 Å². The number of nitro groups is 1. The Balaban J connectivity index is 1.92. The first-order valence-electron chi connectivity index (χ1n) is 9.40. The Morgan fingerprint density at radius 3 is 2.27 bits per heavy atom. The molecule has 3 amide bonds. The number of nitrogens with one attached hydrogen (secondary N) is 3. The Hall–Kier alpha value is -3.75. The van der Waals surface area contributed by atoms with Gasteiger partial charge in [0.2, 0.25) is 11.8 Å². The van der Waals surface area contributed by atoms with Gasteiger partial charge in [0.15, 0.2) is 0 Å². The molecule has 158 valence electrons. The van der Waals surface area contributed by atoms with Gasteiger partial charge in [-0.05, 0) is 44.5 Å². The molecule has 0 aliphatic carbocycles. The highest BCUT2D eigenvalue weighted by atomic mass is 16.6. The van der Waals surface area contributed by atoms with E-state index in [0.29, 0.717) is 5.69 Å². The third-order valence-electron chi connectivity index (χ3n) is 4.10. The standard InChI is InChI=1S/C21H24N4O5/c1-13(2)22-19(26)11-15-7-9-17(10-8-15)24-20(27)14(3)23-21(28)16-5-4-6-18(12-16)25(29)30/h4-10,12-14H,11H2,1-3H3,(H,22,26)(H,23,28)(H,24,27). The third kappa shape index (κ3) is 6.69. The summed E-state index contributed by atoms with van der Waals surface area (Å²) in [4.78, 5) is 46.6. The van der Waals surface area contributed by atoms with E-state index in [1.807, 2.05) is 13.8 Å². The summed E-state index contributed by atoms with van der Waals surface area (Å²) in [5.74, 6) is -1.12. The first kappa shape index (κ1) is 22.5. The van der Waals surface area contributed by atoms with Gasteiger partial charge in [-0.25, -0.2) is 0 Å². The van der Waals surface area contributed by atoms with Crippen LogP contribution in [0.25, 0.3) is 0 Å². The Morgan fingerprint density at radius 2 is 1.67 bits per heavy atom. The molecule has 0 heterocycles. The molecule has 0 aliphatic rings. The Morgan fingerprint density at radius 1 is 1.00 bits per heavy atom. The number of benzene rings is 2. The molecule has 1 atom stereocenters. The second-order valence-electron chi connectivity index (χ2n) is 7.09. The highest BCUT2D eigenvalue weighted by Crippen LogP contribution is 2.14. The van der Waals surface area contributed by atoms with Crippen molar-refractivity contribution < 1.29 is 19.3 Å². The topological polar surface area (TPSA) is 130 Å². The average Bonchev–Trinajstić information content (AvgIpc) is 2.68. The van der Waals surface area contributed by atoms with Gasteiger partial charge < -0.3 is 16.0 Å². The molecule has 0 aromatic heterocycles. The van der Waals surface area contributed by atoms with Crippen LogP contribution in [0.3, 0.4) is 0 Å². The summed E-state index contributed by atoms with van der Waals surface area (Å²) in [6.45, 7) is 5.28. The van der Waals surface area contributed by atoms with Crippen LogP contribution in [0.1, 0.15) is 36.7 Å². The number of nitro benzene ring substituents is 1. The molecule has 0 radical (unpaired) electrons. The lowest BCUT2D eigenvalue weighted by molar-refractivity contribution is -0.384. The minimum Gasteiger partial charge on any atom is -0.354 e. The summed E-state index contributed by atoms with van der Waals surface area (Å²) in [5, 5.41) is 18.8. The number of rotatable bonds is 8. The van der Waals surface area contributed by atoms with Crippen molar-refractivity contribution in [2.45, 2.75) is 39.3 Å². The highest BCUT2D eigenvalue weighted by Gasteiger charge is 2.18. The minimum atomic E-state index is -0.867. The Bertz CT molecular complexity index is 941. The quantitative estimate of drug-likeness (QED) is 0.453. The van der Waals surface area contributed by atoms with E-state index in [-0.39, 0.29) is 29.6 Å². The van der Waals surface area contributed by atoms with Crippen LogP contribution in [0.2, 0.25) is 0 Å². The van der Waals surface area contributed by atoms with E-state index in [1.165, 1.54) is 25.1 Å². The fraction of sp³-hybridized carbons (Fsp3) is 0.286. The van der Waals surface area contributed by atoms with Crippen molar-refractivity contribution in [2.75, 3.05) is 5.32 Å². The van der Waals surface area contributed by atoms with E-state index >= 15 is 0 Å². The average molecular weight is 412 g/mol. The van der Waals surface area contributed by atoms with Crippen molar-refractivity contribution in [3.8, 4) is 0 Å². The molecule has 1 unspecified atom stereocenters. The molecule has 3 N–H and O–H groups in total. The second-order valence-corrected chi connectivity index (χ2v) is 7.09. The maximum atomic E-state index is 12.3. The summed E-state index contributed by atoms with van der Waals surface area (Å²) in [5.41, 5.74) is 1.21. The molecule has 0 spiro atoms. The van der Waals surface area contributed by atoms with Crippen molar-refractivity contribution in [1.29, 1.82) is 0 Å². The molecule has 30 heavy (non-hydrogen) atoms. The number of non-ortho nitro benzene ring substituents is 1. The molecule has 0 aliphatic heterocycles. The van der Waals surface area contributed by atoms with Crippen LogP contribution in [-0.4, -0.2) is 34.7 Å². The van der Waals surface area contributed by atoms with Crippen LogP contribution < -0.4 is 16.0 Å². The number of amides is 3. The van der Waals surface area contributed by atoms with Crippen molar-refractivity contribution in [3.05, 3.63) is 69.8 Å². The van der Waals surface area contributed by atoms with Gasteiger partial charge in [0.25, 0.3) is 11.6 Å². The molecule has 0 fully saturated rings. The summed E-state index contributed by atoms with van der Waals surface area (Å²) in [6, 6.07) is 11.3. The molecule has 0 saturated heterocycles. The Labute approximate surface area is 174 Å². The zero-order valence-corrected chi connectivity index (χ0v) is 17.0. The van der Waals surface area contributed by atoms with Crippen LogP contribution >= 0.6 is 0 Å². The molecule has 9 heteroatoms. The largest absolute Gasteiger partial charge is 0.354 e. The van der Waals surface area contributed by atoms with Crippen molar-refractivity contribution >= 4 is 29.1 Å². The molecule has 9 nitrogen and oxygen atoms in total. The fourth-order valence-electron chi connectivity index (χ4n) is 2.62. The van der Waals surface area contributed by atoms with Gasteiger partial charge in [0.05, 0.1) is 11.3 Å². The van der Waals surface area contributed by atoms with Gasteiger partial charge in [-0.3, -0.25) is 24.5 Å². The number of hydrogen-bond donors (Lipinski definition) is 3. The summed E-state index contributed by atoms with van der Waals surface area (Å²) in [7, 11) is 0. The number of carbonyl (C=O) groups is 3. The first-order valence-corrected chi connectivity index (χ1v) is 9.40. The zero-order chi connectivity index (χ0) is 22.3. The van der Waals surface area contributed by atoms with Crippen LogP contribution in [0.4, 0.5) is 11.4 Å². The van der Waals surface area contributed by atoms with Gasteiger partial charge in [0.1, 0.15) is 6.04 Å². The van der Waals surface area contributed by atoms with E-state index in [9.17, 15) is 24.5 Å². The van der Waals surface area contributed by atoms with E-state index in [2.05, 4.69) is 16.0 Å². The second kappa shape index (κ2) is 10.1. The fourth-order valence-corrected chi connectivity index (χ4v) is 2.62. The van der Waals surface area contributed by atoms with Gasteiger partial charge in [-0.1, -0.05) is 18.2 Å². The van der Waals surface area contributed by atoms with E-state index in [0.717, 1.165) is 11.6 Å². The summed E-state index contributed by atoms with van der Waals surface area (Å²) in [6.07, 6.45) is 0.238. The highest BCUT2D eigenvalue weighted by molar-refractivity contribution is 6.01. The van der Waals surface area contributed by atoms with Crippen molar-refractivity contribution in [1.82, 2.24) is 10.6 Å². The normalized spacial score (nSPS) is 11.5. The van der Waals surface area contributed by atoms with Gasteiger partial charge in [0, 0.05) is 29.4 Å². The van der Waals surface area contributed by atoms with E-state index in [1.54, 1.807) is 24.3 Å². The molecule has 2 aromatic carbocycles. The molecule has 2 aromatic rings. The monoisotopic (exact) mass is 412 g/mol. The minimum absolute atomic E-state index is 0.0646. The molecule has 2 rings (SSSR count). The molecule has 0 bridgehead atoms. The maximum Gasteiger partial charge on any atom is 0.270 e. The molecular formula is C21H24N4O5.